The van der Waals surface area contributed by atoms with Crippen molar-refractivity contribution in [3.8, 4) is 0 Å². The number of nitrogens with two attached hydrogens (primary N) is 1. The number of carbonyl (C=O) groups excluding carboxylic acids is 2. The number of amides is 3. The molecule has 0 radical (unpaired) electrons. The fourth-order valence-corrected chi connectivity index (χ4v) is 1.56. The maximum Gasteiger partial charge on any atom is 0.326 e. The summed E-state index contributed by atoms with van der Waals surface area (Å²) in [6.07, 6.45) is -0.475. The molecular weight excluding hydrogens is 266 g/mol. The second kappa shape index (κ2) is 6.60. The van der Waals surface area contributed by atoms with Crippen LogP contribution in [0.2, 0.25) is 0 Å². The minimum Gasteiger partial charge on any atom is -0.480 e. The van der Waals surface area contributed by atoms with E-state index in [0.29, 0.717) is 11.5 Å². The van der Waals surface area contributed by atoms with Crippen molar-refractivity contribution in [2.75, 3.05) is 0 Å². The molecule has 20 heavy (non-hydrogen) atoms. The maximum atomic E-state index is 11.7. The van der Waals surface area contributed by atoms with Crippen LogP contribution in [0.3, 0.4) is 0 Å². The predicted octanol–water partition coefficient (Wildman–Crippen LogP) is 0.277. The van der Waals surface area contributed by atoms with Gasteiger partial charge in [-0.05, 0) is 26.0 Å². The predicted molar refractivity (Wildman–Crippen MR) is 68.8 cm³/mol. The third-order valence-corrected chi connectivity index (χ3v) is 2.54. The molecule has 0 aliphatic carbocycles. The van der Waals surface area contributed by atoms with Crippen LogP contribution in [-0.4, -0.2) is 29.1 Å². The lowest BCUT2D eigenvalue weighted by atomic mass is 10.2. The first-order valence-corrected chi connectivity index (χ1v) is 5.94. The van der Waals surface area contributed by atoms with Crippen LogP contribution in [0.1, 0.15) is 30.9 Å². The molecule has 1 unspecified atom stereocenters. The van der Waals surface area contributed by atoms with E-state index in [1.54, 1.807) is 26.0 Å². The van der Waals surface area contributed by atoms with Crippen LogP contribution in [0.5, 0.6) is 0 Å². The van der Waals surface area contributed by atoms with Crippen LogP contribution < -0.4 is 16.4 Å². The largest absolute Gasteiger partial charge is 0.480 e. The molecule has 8 heteroatoms. The topological polar surface area (TPSA) is 135 Å². The molecule has 1 aromatic heterocycles. The third-order valence-electron chi connectivity index (χ3n) is 2.54. The molecule has 8 nitrogen and oxygen atoms in total. The second-order valence-corrected chi connectivity index (χ2v) is 4.35. The Morgan fingerprint density at radius 3 is 2.45 bits per heavy atom. The number of hydrogen-bond donors (Lipinski definition) is 4. The van der Waals surface area contributed by atoms with E-state index in [1.165, 1.54) is 0 Å². The molecule has 0 saturated heterocycles. The number of hydrogen-bond acceptors (Lipinski definition) is 4. The van der Waals surface area contributed by atoms with Crippen LogP contribution in [0.4, 0.5) is 4.79 Å². The summed E-state index contributed by atoms with van der Waals surface area (Å²) < 4.78 is 5.33. The summed E-state index contributed by atoms with van der Waals surface area (Å²) in [5.41, 5.74) is 4.91. The number of carbonyl (C=O) groups is 3. The zero-order chi connectivity index (χ0) is 15.3. The van der Waals surface area contributed by atoms with E-state index in [1.807, 2.05) is 0 Å². The first-order valence-electron chi connectivity index (χ1n) is 5.94. The SMILES string of the molecule is Cc1ccc(C(C)NC(=O)N[C@@H](CC(N)=O)C(=O)O)o1. The molecule has 1 rings (SSSR count). The molecule has 0 fully saturated rings. The number of rotatable bonds is 6. The molecule has 0 saturated carbocycles. The lowest BCUT2D eigenvalue weighted by molar-refractivity contribution is -0.140. The Morgan fingerprint density at radius 2 is 2.00 bits per heavy atom. The van der Waals surface area contributed by atoms with E-state index in [-0.39, 0.29) is 0 Å². The van der Waals surface area contributed by atoms with Gasteiger partial charge in [-0.2, -0.15) is 0 Å². The highest BCUT2D eigenvalue weighted by molar-refractivity contribution is 5.87. The minimum atomic E-state index is -1.36. The molecule has 5 N–H and O–H groups in total. The Bertz CT molecular complexity index is 511. The number of primary amides is 1. The van der Waals surface area contributed by atoms with Gasteiger partial charge in [-0.1, -0.05) is 0 Å². The quantitative estimate of drug-likeness (QED) is 0.594. The van der Waals surface area contributed by atoms with Gasteiger partial charge < -0.3 is 25.9 Å². The van der Waals surface area contributed by atoms with Gasteiger partial charge in [-0.25, -0.2) is 9.59 Å². The second-order valence-electron chi connectivity index (χ2n) is 4.35. The van der Waals surface area contributed by atoms with Gasteiger partial charge in [0.1, 0.15) is 17.6 Å². The number of furan rings is 1. The molecule has 3 amide bonds. The van der Waals surface area contributed by atoms with E-state index >= 15 is 0 Å². The summed E-state index contributed by atoms with van der Waals surface area (Å²) in [4.78, 5) is 33.2. The van der Waals surface area contributed by atoms with Gasteiger partial charge in [0, 0.05) is 0 Å². The normalized spacial score (nSPS) is 13.3. The number of nitrogens with one attached hydrogen (secondary N) is 2. The average molecular weight is 283 g/mol. The first-order chi connectivity index (χ1) is 9.29. The zero-order valence-corrected chi connectivity index (χ0v) is 11.2. The number of carboxylic acid groups (broad SMARTS) is 1. The van der Waals surface area contributed by atoms with Crippen molar-refractivity contribution in [2.45, 2.75) is 32.4 Å². The van der Waals surface area contributed by atoms with Gasteiger partial charge in [0.2, 0.25) is 5.91 Å². The van der Waals surface area contributed by atoms with Crippen molar-refractivity contribution in [2.24, 2.45) is 5.73 Å². The Kier molecular flexibility index (Phi) is 5.13. The molecule has 0 spiro atoms. The highest BCUT2D eigenvalue weighted by Crippen LogP contribution is 2.15. The highest BCUT2D eigenvalue weighted by atomic mass is 16.4. The van der Waals surface area contributed by atoms with Crippen LogP contribution in [-0.2, 0) is 9.59 Å². The van der Waals surface area contributed by atoms with Crippen molar-refractivity contribution in [3.05, 3.63) is 23.7 Å². The molecule has 0 aromatic carbocycles. The summed E-state index contributed by atoms with van der Waals surface area (Å²) in [6, 6.07) is 0.932. The molecule has 110 valence electrons. The van der Waals surface area contributed by atoms with Gasteiger partial charge in [0.15, 0.2) is 0 Å². The fourth-order valence-electron chi connectivity index (χ4n) is 1.56. The molecule has 1 aromatic rings. The molecule has 2 atom stereocenters. The number of carboxylic acids is 1. The molecule has 0 aliphatic rings. The van der Waals surface area contributed by atoms with Crippen LogP contribution in [0.25, 0.3) is 0 Å². The van der Waals surface area contributed by atoms with Gasteiger partial charge in [-0.3, -0.25) is 4.79 Å². The van der Waals surface area contributed by atoms with E-state index in [9.17, 15) is 14.4 Å². The Balaban J connectivity index is 2.57. The summed E-state index contributed by atoms with van der Waals surface area (Å²) in [5.74, 6) is -0.904. The van der Waals surface area contributed by atoms with Crippen molar-refractivity contribution < 1.29 is 23.9 Å². The summed E-state index contributed by atoms with van der Waals surface area (Å²) in [5, 5.41) is 13.5. The highest BCUT2D eigenvalue weighted by Gasteiger charge is 2.23. The summed E-state index contributed by atoms with van der Waals surface area (Å²) in [6.45, 7) is 3.45. The van der Waals surface area contributed by atoms with E-state index in [0.717, 1.165) is 0 Å². The van der Waals surface area contributed by atoms with E-state index in [4.69, 9.17) is 15.3 Å². The smallest absolute Gasteiger partial charge is 0.326 e. The van der Waals surface area contributed by atoms with E-state index in [2.05, 4.69) is 10.6 Å². The van der Waals surface area contributed by atoms with Crippen molar-refractivity contribution in [1.29, 1.82) is 0 Å². The lowest BCUT2D eigenvalue weighted by Crippen LogP contribution is -2.48. The first kappa shape index (κ1) is 15.5. The summed E-state index contributed by atoms with van der Waals surface area (Å²) >= 11 is 0. The maximum absolute atomic E-state index is 11.7. The van der Waals surface area contributed by atoms with Crippen LogP contribution in [0.15, 0.2) is 16.5 Å². The number of urea groups is 1. The lowest BCUT2D eigenvalue weighted by Gasteiger charge is -2.16. The monoisotopic (exact) mass is 283 g/mol. The molecule has 0 aliphatic heterocycles. The van der Waals surface area contributed by atoms with Gasteiger partial charge in [-0.15, -0.1) is 0 Å². The number of aryl methyl sites for hydroxylation is 1. The average Bonchev–Trinajstić information content (AvgIpc) is 2.74. The molecule has 1 heterocycles. The Morgan fingerprint density at radius 1 is 1.35 bits per heavy atom. The molecule has 0 bridgehead atoms. The van der Waals surface area contributed by atoms with Gasteiger partial charge >= 0.3 is 12.0 Å². The number of aliphatic carboxylic acids is 1. The molecular formula is C12H17N3O5. The summed E-state index contributed by atoms with van der Waals surface area (Å²) in [7, 11) is 0. The van der Waals surface area contributed by atoms with Crippen molar-refractivity contribution in [3.63, 3.8) is 0 Å². The Labute approximate surface area is 115 Å². The van der Waals surface area contributed by atoms with Gasteiger partial charge in [0.25, 0.3) is 0 Å². The fraction of sp³-hybridized carbons (Fsp3) is 0.417. The third kappa shape index (κ3) is 4.63. The standard InChI is InChI=1S/C12H17N3O5/c1-6-3-4-9(20-6)7(2)14-12(19)15-8(11(17)18)5-10(13)16/h3-4,7-8H,5H2,1-2H3,(H2,13,16)(H,17,18)(H2,14,15,19)/t7?,8-/m0/s1. The van der Waals surface area contributed by atoms with Crippen molar-refractivity contribution in [1.82, 2.24) is 10.6 Å². The van der Waals surface area contributed by atoms with E-state index < -0.39 is 36.4 Å². The minimum absolute atomic E-state index is 0.438. The Hall–Kier alpha value is -2.51. The zero-order valence-electron chi connectivity index (χ0n) is 11.2. The van der Waals surface area contributed by atoms with Gasteiger partial charge in [0.05, 0.1) is 12.5 Å². The van der Waals surface area contributed by atoms with Crippen LogP contribution in [0, 0.1) is 6.92 Å². The van der Waals surface area contributed by atoms with Crippen LogP contribution >= 0.6 is 0 Å². The van der Waals surface area contributed by atoms with Crippen molar-refractivity contribution >= 4 is 17.9 Å².